The summed E-state index contributed by atoms with van der Waals surface area (Å²) in [4.78, 5) is 9.89. The van der Waals surface area contributed by atoms with E-state index in [2.05, 4.69) is 4.72 Å². The minimum Gasteiger partial charge on any atom is -0.391 e. The molecular formula is C14H20N2O5S. The van der Waals surface area contributed by atoms with Crippen LogP contribution in [0, 0.1) is 16.0 Å². The van der Waals surface area contributed by atoms with Gasteiger partial charge in [0.2, 0.25) is 10.0 Å². The Balaban J connectivity index is 2.01. The van der Waals surface area contributed by atoms with Gasteiger partial charge in [-0.1, -0.05) is 25.3 Å². The van der Waals surface area contributed by atoms with E-state index in [0.717, 1.165) is 38.2 Å². The van der Waals surface area contributed by atoms with Gasteiger partial charge in [-0.3, -0.25) is 10.1 Å². The number of aliphatic hydroxyl groups excluding tert-OH is 1. The number of nitrogens with zero attached hydrogens (tertiary/aromatic N) is 1. The fourth-order valence-electron chi connectivity index (χ4n) is 2.73. The zero-order chi connectivity index (χ0) is 16.2. The zero-order valence-corrected chi connectivity index (χ0v) is 13.0. The van der Waals surface area contributed by atoms with Gasteiger partial charge in [-0.15, -0.1) is 0 Å². The second-order valence-electron chi connectivity index (χ2n) is 5.57. The van der Waals surface area contributed by atoms with Gasteiger partial charge in [0.1, 0.15) is 0 Å². The minimum absolute atomic E-state index is 0.0737. The Morgan fingerprint density at radius 3 is 2.64 bits per heavy atom. The molecule has 0 heterocycles. The van der Waals surface area contributed by atoms with Crippen molar-refractivity contribution in [3.8, 4) is 0 Å². The molecule has 7 nitrogen and oxygen atoms in total. The molecule has 0 radical (unpaired) electrons. The van der Waals surface area contributed by atoms with Crippen molar-refractivity contribution in [2.24, 2.45) is 5.92 Å². The molecule has 0 aliphatic heterocycles. The highest BCUT2D eigenvalue weighted by Gasteiger charge is 2.24. The highest BCUT2D eigenvalue weighted by Crippen LogP contribution is 2.26. The van der Waals surface area contributed by atoms with Crippen LogP contribution < -0.4 is 4.72 Å². The number of nitro benzene ring substituents is 1. The lowest BCUT2D eigenvalue weighted by Gasteiger charge is -2.26. The Labute approximate surface area is 129 Å². The number of non-ortho nitro benzene ring substituents is 1. The molecule has 0 bridgehead atoms. The molecule has 0 saturated heterocycles. The van der Waals surface area contributed by atoms with Crippen LogP contribution in [0.1, 0.15) is 32.1 Å². The molecule has 2 rings (SSSR count). The van der Waals surface area contributed by atoms with Crippen LogP contribution in [-0.4, -0.2) is 31.1 Å². The number of hydrogen-bond acceptors (Lipinski definition) is 5. The zero-order valence-electron chi connectivity index (χ0n) is 12.1. The minimum atomic E-state index is -3.86. The largest absolute Gasteiger partial charge is 0.391 e. The van der Waals surface area contributed by atoms with Crippen molar-refractivity contribution in [1.29, 1.82) is 0 Å². The first-order chi connectivity index (χ1) is 10.4. The lowest BCUT2D eigenvalue weighted by molar-refractivity contribution is -0.385. The Bertz CT molecular complexity index is 626. The van der Waals surface area contributed by atoms with Crippen LogP contribution in [0.3, 0.4) is 0 Å². The van der Waals surface area contributed by atoms with E-state index in [1.165, 1.54) is 18.2 Å². The smallest absolute Gasteiger partial charge is 0.270 e. The van der Waals surface area contributed by atoms with E-state index in [1.54, 1.807) is 0 Å². The van der Waals surface area contributed by atoms with E-state index in [-0.39, 0.29) is 23.0 Å². The maximum absolute atomic E-state index is 12.1. The summed E-state index contributed by atoms with van der Waals surface area (Å²) in [5.74, 6) is 0.113. The first kappa shape index (κ1) is 16.9. The van der Waals surface area contributed by atoms with E-state index >= 15 is 0 Å². The molecule has 1 aliphatic rings. The topological polar surface area (TPSA) is 110 Å². The Kier molecular flexibility index (Phi) is 5.49. The molecule has 0 amide bonds. The summed E-state index contributed by atoms with van der Waals surface area (Å²) in [6, 6.07) is 4.86. The molecule has 0 aromatic heterocycles. The number of sulfonamides is 1. The van der Waals surface area contributed by atoms with Crippen molar-refractivity contribution < 1.29 is 18.4 Å². The van der Waals surface area contributed by atoms with Crippen molar-refractivity contribution in [2.45, 2.75) is 43.1 Å². The third kappa shape index (κ3) is 4.25. The molecule has 1 fully saturated rings. The summed E-state index contributed by atoms with van der Waals surface area (Å²) in [6.07, 6.45) is 4.34. The predicted octanol–water partition coefficient (Wildman–Crippen LogP) is 1.81. The SMILES string of the molecule is O=[N+]([O-])c1cccc(S(=O)(=O)NCC(O)C2CCCCC2)c1. The number of nitrogens with one attached hydrogen (secondary N) is 1. The fourth-order valence-corrected chi connectivity index (χ4v) is 3.82. The molecular weight excluding hydrogens is 308 g/mol. The third-order valence-corrected chi connectivity index (χ3v) is 5.44. The van der Waals surface area contributed by atoms with Gasteiger partial charge in [-0.25, -0.2) is 13.1 Å². The molecule has 1 saturated carbocycles. The van der Waals surface area contributed by atoms with Crippen LogP contribution in [0.4, 0.5) is 5.69 Å². The van der Waals surface area contributed by atoms with Crippen molar-refractivity contribution in [3.05, 3.63) is 34.4 Å². The molecule has 8 heteroatoms. The number of benzene rings is 1. The van der Waals surface area contributed by atoms with Crippen molar-refractivity contribution >= 4 is 15.7 Å². The first-order valence-electron chi connectivity index (χ1n) is 7.32. The third-order valence-electron chi connectivity index (χ3n) is 4.02. The van der Waals surface area contributed by atoms with E-state index < -0.39 is 21.1 Å². The van der Waals surface area contributed by atoms with Crippen LogP contribution in [0.25, 0.3) is 0 Å². The molecule has 1 aromatic rings. The van der Waals surface area contributed by atoms with Crippen LogP contribution in [0.15, 0.2) is 29.2 Å². The summed E-state index contributed by atoms with van der Waals surface area (Å²) in [7, 11) is -3.86. The van der Waals surface area contributed by atoms with Gasteiger partial charge in [0.15, 0.2) is 0 Å². The van der Waals surface area contributed by atoms with Crippen molar-refractivity contribution in [1.82, 2.24) is 4.72 Å². The summed E-state index contributed by atoms with van der Waals surface area (Å²) < 4.78 is 26.6. The molecule has 122 valence electrons. The van der Waals surface area contributed by atoms with Crippen molar-refractivity contribution in [3.63, 3.8) is 0 Å². The number of hydrogen-bond donors (Lipinski definition) is 2. The van der Waals surface area contributed by atoms with Gasteiger partial charge < -0.3 is 5.11 Å². The van der Waals surface area contributed by atoms with E-state index in [0.29, 0.717) is 0 Å². The second-order valence-corrected chi connectivity index (χ2v) is 7.34. The highest BCUT2D eigenvalue weighted by molar-refractivity contribution is 7.89. The van der Waals surface area contributed by atoms with Crippen LogP contribution in [0.2, 0.25) is 0 Å². The van der Waals surface area contributed by atoms with Gasteiger partial charge in [-0.05, 0) is 24.8 Å². The van der Waals surface area contributed by atoms with Gasteiger partial charge in [0.05, 0.1) is 15.9 Å². The number of aliphatic hydroxyl groups is 1. The first-order valence-corrected chi connectivity index (χ1v) is 8.80. The van der Waals surface area contributed by atoms with E-state index in [9.17, 15) is 23.6 Å². The van der Waals surface area contributed by atoms with Gasteiger partial charge in [0.25, 0.3) is 5.69 Å². The maximum Gasteiger partial charge on any atom is 0.270 e. The fraction of sp³-hybridized carbons (Fsp3) is 0.571. The van der Waals surface area contributed by atoms with Crippen molar-refractivity contribution in [2.75, 3.05) is 6.54 Å². The summed E-state index contributed by atoms with van der Waals surface area (Å²) in [5.41, 5.74) is -0.282. The Morgan fingerprint density at radius 1 is 1.32 bits per heavy atom. The molecule has 1 atom stereocenters. The molecule has 1 aliphatic carbocycles. The van der Waals surface area contributed by atoms with Gasteiger partial charge >= 0.3 is 0 Å². The maximum atomic E-state index is 12.1. The van der Waals surface area contributed by atoms with E-state index in [4.69, 9.17) is 0 Å². The van der Waals surface area contributed by atoms with Crippen LogP contribution in [-0.2, 0) is 10.0 Å². The van der Waals surface area contributed by atoms with E-state index in [1.807, 2.05) is 0 Å². The van der Waals surface area contributed by atoms with Crippen LogP contribution in [0.5, 0.6) is 0 Å². The Hall–Kier alpha value is -1.51. The average Bonchev–Trinajstić information content (AvgIpc) is 2.53. The lowest BCUT2D eigenvalue weighted by Crippen LogP contribution is -2.37. The van der Waals surface area contributed by atoms with Gasteiger partial charge in [0, 0.05) is 18.7 Å². The summed E-state index contributed by atoms with van der Waals surface area (Å²) in [5, 5.41) is 20.8. The lowest BCUT2D eigenvalue weighted by atomic mass is 9.85. The standard InChI is InChI=1S/C14H20N2O5S/c17-14(11-5-2-1-3-6-11)10-15-22(20,21)13-8-4-7-12(9-13)16(18)19/h4,7-9,11,14-15,17H,1-3,5-6,10H2. The monoisotopic (exact) mass is 328 g/mol. The predicted molar refractivity (Wildman–Crippen MR) is 80.9 cm³/mol. The quantitative estimate of drug-likeness (QED) is 0.611. The molecule has 0 spiro atoms. The highest BCUT2D eigenvalue weighted by atomic mass is 32.2. The van der Waals surface area contributed by atoms with Crippen LogP contribution >= 0.6 is 0 Å². The molecule has 1 aromatic carbocycles. The molecule has 22 heavy (non-hydrogen) atoms. The normalized spacial score (nSPS) is 18.0. The van der Waals surface area contributed by atoms with Gasteiger partial charge in [-0.2, -0.15) is 0 Å². The second kappa shape index (κ2) is 7.17. The summed E-state index contributed by atoms with van der Waals surface area (Å²) >= 11 is 0. The molecule has 1 unspecified atom stereocenters. The molecule has 2 N–H and O–H groups in total. The summed E-state index contributed by atoms with van der Waals surface area (Å²) in [6.45, 7) is -0.0737. The average molecular weight is 328 g/mol. The number of rotatable bonds is 6. The Morgan fingerprint density at radius 2 is 2.00 bits per heavy atom. The number of nitro groups is 1.